The fourth-order valence-corrected chi connectivity index (χ4v) is 3.25. The van der Waals surface area contributed by atoms with E-state index < -0.39 is 0 Å². The van der Waals surface area contributed by atoms with Crippen molar-refractivity contribution in [3.8, 4) is 0 Å². The van der Waals surface area contributed by atoms with E-state index in [2.05, 4.69) is 20.9 Å². The number of halogens is 1. The number of nitrogens with zero attached hydrogens (tertiary/aromatic N) is 1. The quantitative estimate of drug-likeness (QED) is 0.753. The summed E-state index contributed by atoms with van der Waals surface area (Å²) < 4.78 is 6.48. The van der Waals surface area contributed by atoms with E-state index in [1.165, 1.54) is 0 Å². The summed E-state index contributed by atoms with van der Waals surface area (Å²) in [6.45, 7) is 4.31. The lowest BCUT2D eigenvalue weighted by molar-refractivity contribution is -0.136. The number of hydrogen-bond acceptors (Lipinski definition) is 3. The van der Waals surface area contributed by atoms with E-state index in [0.29, 0.717) is 5.71 Å². The number of fused-ring (bicyclic) bond motifs is 1. The maximum atomic E-state index is 12.6. The Labute approximate surface area is 144 Å². The normalized spacial score (nSPS) is 15.5. The van der Waals surface area contributed by atoms with Gasteiger partial charge in [-0.3, -0.25) is 4.99 Å². The predicted octanol–water partition coefficient (Wildman–Crippen LogP) is 4.32. The highest BCUT2D eigenvalue weighted by Crippen LogP contribution is 2.32. The van der Waals surface area contributed by atoms with Crippen molar-refractivity contribution in [2.75, 3.05) is 0 Å². The Balaban J connectivity index is 1.87. The van der Waals surface area contributed by atoms with Crippen LogP contribution in [0.25, 0.3) is 0 Å². The van der Waals surface area contributed by atoms with E-state index in [1.807, 2.05) is 62.4 Å². The van der Waals surface area contributed by atoms with E-state index in [1.54, 1.807) is 0 Å². The number of ether oxygens (including phenoxy) is 1. The van der Waals surface area contributed by atoms with E-state index >= 15 is 0 Å². The molecule has 1 aliphatic rings. The zero-order valence-electron chi connectivity index (χ0n) is 13.2. The van der Waals surface area contributed by atoms with Crippen molar-refractivity contribution in [3.05, 3.63) is 69.7 Å². The van der Waals surface area contributed by atoms with Crippen LogP contribution in [0.15, 0.2) is 58.0 Å². The second kappa shape index (κ2) is 6.28. The second-order valence-corrected chi connectivity index (χ2v) is 7.13. The molecule has 0 aliphatic carbocycles. The molecule has 3 rings (SSSR count). The molecule has 2 aromatic rings. The van der Waals surface area contributed by atoms with Gasteiger partial charge in [-0.1, -0.05) is 58.4 Å². The number of rotatable bonds is 3. The van der Waals surface area contributed by atoms with Crippen molar-refractivity contribution >= 4 is 27.6 Å². The first-order chi connectivity index (χ1) is 11.0. The second-order valence-electron chi connectivity index (χ2n) is 6.28. The maximum absolute atomic E-state index is 12.6. The van der Waals surface area contributed by atoms with Crippen LogP contribution in [0.4, 0.5) is 0 Å². The van der Waals surface area contributed by atoms with Crippen LogP contribution in [-0.4, -0.2) is 17.2 Å². The summed E-state index contributed by atoms with van der Waals surface area (Å²) in [7, 11) is 0. The minimum Gasteiger partial charge on any atom is -0.456 e. The van der Waals surface area contributed by atoms with E-state index in [-0.39, 0.29) is 18.1 Å². The lowest BCUT2D eigenvalue weighted by Crippen LogP contribution is -2.33. The molecule has 0 spiro atoms. The fourth-order valence-electron chi connectivity index (χ4n) is 2.74. The van der Waals surface area contributed by atoms with Gasteiger partial charge in [0.05, 0.1) is 5.54 Å². The number of carbonyl (C=O) groups is 1. The Kier molecular flexibility index (Phi) is 4.35. The summed E-state index contributed by atoms with van der Waals surface area (Å²) in [4.78, 5) is 17.2. The van der Waals surface area contributed by atoms with E-state index in [9.17, 15) is 4.79 Å². The van der Waals surface area contributed by atoms with E-state index in [0.717, 1.165) is 27.6 Å². The molecule has 0 N–H and O–H groups in total. The Bertz CT molecular complexity index is 766. The lowest BCUT2D eigenvalue weighted by Gasteiger charge is -2.28. The van der Waals surface area contributed by atoms with Gasteiger partial charge in [0.1, 0.15) is 6.61 Å². The zero-order chi connectivity index (χ0) is 16.4. The topological polar surface area (TPSA) is 38.7 Å². The van der Waals surface area contributed by atoms with Crippen LogP contribution < -0.4 is 0 Å². The van der Waals surface area contributed by atoms with Crippen LogP contribution in [0.3, 0.4) is 0 Å². The highest BCUT2D eigenvalue weighted by molar-refractivity contribution is 9.10. The minimum absolute atomic E-state index is 0.252. The first kappa shape index (κ1) is 15.9. The monoisotopic (exact) mass is 371 g/mol. The average Bonchev–Trinajstić information content (AvgIpc) is 2.53. The molecule has 0 bridgehead atoms. The van der Waals surface area contributed by atoms with Crippen LogP contribution in [0.1, 0.15) is 30.5 Å². The highest BCUT2D eigenvalue weighted by Gasteiger charge is 2.31. The zero-order valence-corrected chi connectivity index (χ0v) is 14.8. The smallest absolute Gasteiger partial charge is 0.357 e. The molecule has 1 heterocycles. The summed E-state index contributed by atoms with van der Waals surface area (Å²) in [5.74, 6) is -0.374. The van der Waals surface area contributed by atoms with Gasteiger partial charge in [-0.15, -0.1) is 0 Å². The van der Waals surface area contributed by atoms with Gasteiger partial charge in [-0.2, -0.15) is 0 Å². The lowest BCUT2D eigenvalue weighted by atomic mass is 9.87. The van der Waals surface area contributed by atoms with Crippen LogP contribution >= 0.6 is 15.9 Å². The van der Waals surface area contributed by atoms with Gasteiger partial charge in [-0.05, 0) is 37.5 Å². The Morgan fingerprint density at radius 3 is 2.65 bits per heavy atom. The molecule has 0 saturated carbocycles. The Morgan fingerprint density at radius 2 is 1.91 bits per heavy atom. The third-order valence-electron chi connectivity index (χ3n) is 3.80. The van der Waals surface area contributed by atoms with Crippen LogP contribution in [0.5, 0.6) is 0 Å². The van der Waals surface area contributed by atoms with Crippen molar-refractivity contribution < 1.29 is 9.53 Å². The summed E-state index contributed by atoms with van der Waals surface area (Å²) >= 11 is 3.58. The standard InChI is InChI=1S/C19H18BrNO2/c1-19(2)11-15-14(9-6-10-16(15)20)17(21-19)18(22)23-12-13-7-4-3-5-8-13/h3-10H,11-12H2,1-2H3. The SMILES string of the molecule is CC1(C)Cc2c(Br)cccc2C(C(=O)OCc2ccccc2)=N1. The molecule has 2 aromatic carbocycles. The first-order valence-corrected chi connectivity index (χ1v) is 8.34. The van der Waals surface area contributed by atoms with Gasteiger partial charge in [-0.25, -0.2) is 4.79 Å². The molecule has 0 aromatic heterocycles. The largest absolute Gasteiger partial charge is 0.456 e. The summed E-state index contributed by atoms with van der Waals surface area (Å²) in [6, 6.07) is 15.5. The highest BCUT2D eigenvalue weighted by atomic mass is 79.9. The number of esters is 1. The van der Waals surface area contributed by atoms with Crippen molar-refractivity contribution in [1.82, 2.24) is 0 Å². The van der Waals surface area contributed by atoms with Crippen LogP contribution in [0, 0.1) is 0 Å². The molecule has 118 valence electrons. The molecule has 0 fully saturated rings. The molecule has 4 heteroatoms. The predicted molar refractivity (Wildman–Crippen MR) is 94.7 cm³/mol. The summed E-state index contributed by atoms with van der Waals surface area (Å²) in [6.07, 6.45) is 0.791. The summed E-state index contributed by atoms with van der Waals surface area (Å²) in [5.41, 5.74) is 3.02. The van der Waals surface area contributed by atoms with Gasteiger partial charge in [0, 0.05) is 10.0 Å². The maximum Gasteiger partial charge on any atom is 0.357 e. The molecule has 1 aliphatic heterocycles. The Morgan fingerprint density at radius 1 is 1.17 bits per heavy atom. The van der Waals surface area contributed by atoms with Crippen molar-refractivity contribution in [2.24, 2.45) is 4.99 Å². The molecule has 0 atom stereocenters. The molecule has 0 unspecified atom stereocenters. The number of hydrogen-bond donors (Lipinski definition) is 0. The van der Waals surface area contributed by atoms with Crippen molar-refractivity contribution in [2.45, 2.75) is 32.4 Å². The van der Waals surface area contributed by atoms with Crippen LogP contribution in [0.2, 0.25) is 0 Å². The molecular weight excluding hydrogens is 354 g/mol. The molecule has 0 amide bonds. The van der Waals surface area contributed by atoms with Crippen LogP contribution in [-0.2, 0) is 22.6 Å². The number of carbonyl (C=O) groups excluding carboxylic acids is 1. The summed E-state index contributed by atoms with van der Waals surface area (Å²) in [5, 5.41) is 0. The first-order valence-electron chi connectivity index (χ1n) is 7.55. The molecule has 3 nitrogen and oxygen atoms in total. The molecule has 0 saturated heterocycles. The van der Waals surface area contributed by atoms with Gasteiger partial charge in [0.25, 0.3) is 0 Å². The van der Waals surface area contributed by atoms with Gasteiger partial charge >= 0.3 is 5.97 Å². The number of aliphatic imine (C=N–C) groups is 1. The average molecular weight is 372 g/mol. The van der Waals surface area contributed by atoms with Gasteiger partial charge in [0.15, 0.2) is 5.71 Å². The minimum atomic E-state index is -0.374. The van der Waals surface area contributed by atoms with Gasteiger partial charge in [0.2, 0.25) is 0 Å². The molecule has 23 heavy (non-hydrogen) atoms. The van der Waals surface area contributed by atoms with E-state index in [4.69, 9.17) is 4.74 Å². The molecular formula is C19H18BrNO2. The third-order valence-corrected chi connectivity index (χ3v) is 4.55. The fraction of sp³-hybridized carbons (Fsp3) is 0.263. The van der Waals surface area contributed by atoms with Crippen molar-refractivity contribution in [1.29, 1.82) is 0 Å². The number of benzene rings is 2. The van der Waals surface area contributed by atoms with Crippen molar-refractivity contribution in [3.63, 3.8) is 0 Å². The molecule has 0 radical (unpaired) electrons. The Hall–Kier alpha value is -1.94. The third kappa shape index (κ3) is 3.53. The van der Waals surface area contributed by atoms with Gasteiger partial charge < -0.3 is 4.74 Å².